The van der Waals surface area contributed by atoms with Crippen LogP contribution in [0.4, 0.5) is 5.82 Å². The molecule has 2 heterocycles. The van der Waals surface area contributed by atoms with E-state index in [1.54, 1.807) is 36.5 Å². The first kappa shape index (κ1) is 32.9. The van der Waals surface area contributed by atoms with Crippen molar-refractivity contribution in [1.29, 1.82) is 0 Å². The molecule has 0 radical (unpaired) electrons. The predicted molar refractivity (Wildman–Crippen MR) is 167 cm³/mol. The molecular weight excluding hydrogens is 555 g/mol. The Morgan fingerprint density at radius 3 is 2.17 bits per heavy atom. The van der Waals surface area contributed by atoms with Crippen LogP contribution in [0, 0.1) is 0 Å². The zero-order chi connectivity index (χ0) is 30.8. The van der Waals surface area contributed by atoms with Crippen molar-refractivity contribution in [3.63, 3.8) is 0 Å². The molecule has 41 heavy (non-hydrogen) atoms. The Morgan fingerprint density at radius 2 is 1.63 bits per heavy atom. The van der Waals surface area contributed by atoms with Crippen LogP contribution in [0.3, 0.4) is 0 Å². The number of nitrogens with zero attached hydrogens (tertiary/aromatic N) is 2. The van der Waals surface area contributed by atoms with E-state index in [1.165, 1.54) is 10.8 Å². The summed E-state index contributed by atoms with van der Waals surface area (Å²) >= 11 is 0. The van der Waals surface area contributed by atoms with E-state index in [9.17, 15) is 9.59 Å². The lowest BCUT2D eigenvalue weighted by atomic mass is 10.1. The summed E-state index contributed by atoms with van der Waals surface area (Å²) in [5.41, 5.74) is -0.109. The van der Waals surface area contributed by atoms with E-state index >= 15 is 0 Å². The van der Waals surface area contributed by atoms with Crippen molar-refractivity contribution in [3.05, 3.63) is 71.5 Å². The van der Waals surface area contributed by atoms with Crippen molar-refractivity contribution in [1.82, 2.24) is 9.55 Å². The van der Waals surface area contributed by atoms with Crippen molar-refractivity contribution in [2.75, 3.05) is 11.9 Å². The van der Waals surface area contributed by atoms with Gasteiger partial charge in [0.2, 0.25) is 0 Å². The van der Waals surface area contributed by atoms with Gasteiger partial charge in [-0.05, 0) is 54.5 Å². The molecule has 0 unspecified atom stereocenters. The van der Waals surface area contributed by atoms with Gasteiger partial charge in [-0.2, -0.15) is 4.98 Å². The molecular formula is C30H47N3O6Si2. The second-order valence-electron chi connectivity index (χ2n) is 13.6. The average Bonchev–Trinajstić information content (AvgIpc) is 3.18. The standard InChI is InChI=1S/C30H47N3O6Si2/c1-12-36-24-22(20-37-40(8,9)29(2,3)4)38-27(25(24)39-41(10,11)30(5,6)7)33-19-18-23(32-28(33)35)31-26(34)21-16-14-13-15-17-21/h12-19,22,24-25,27H,1,20H2,2-11H3,(H,31,32,34,35)/t22-,24-,25-,27-/m1/s1. The third-order valence-electron chi connectivity index (χ3n) is 8.57. The van der Waals surface area contributed by atoms with E-state index in [2.05, 4.69) is 84.6 Å². The van der Waals surface area contributed by atoms with E-state index in [4.69, 9.17) is 18.3 Å². The lowest BCUT2D eigenvalue weighted by Crippen LogP contribution is -2.50. The normalized spacial score (nSPS) is 21.9. The number of benzene rings is 1. The minimum absolute atomic E-state index is 0.0116. The lowest BCUT2D eigenvalue weighted by Gasteiger charge is -2.40. The zero-order valence-corrected chi connectivity index (χ0v) is 28.2. The monoisotopic (exact) mass is 601 g/mol. The molecule has 2 aromatic rings. The number of hydrogen-bond acceptors (Lipinski definition) is 7. The number of anilines is 1. The number of rotatable bonds is 10. The topological polar surface area (TPSA) is 101 Å². The predicted octanol–water partition coefficient (Wildman–Crippen LogP) is 6.33. The van der Waals surface area contributed by atoms with Gasteiger partial charge in [0.1, 0.15) is 18.0 Å². The number of carbonyl (C=O) groups excluding carboxylic acids is 1. The number of amides is 1. The summed E-state index contributed by atoms with van der Waals surface area (Å²) in [5.74, 6) is -0.203. The minimum atomic E-state index is -2.34. The summed E-state index contributed by atoms with van der Waals surface area (Å²) in [6.45, 7) is 25.8. The summed E-state index contributed by atoms with van der Waals surface area (Å²) in [6, 6.07) is 10.3. The van der Waals surface area contributed by atoms with Gasteiger partial charge in [-0.25, -0.2) is 4.79 Å². The molecule has 9 nitrogen and oxygen atoms in total. The van der Waals surface area contributed by atoms with Crippen molar-refractivity contribution in [2.45, 2.75) is 102 Å². The summed E-state index contributed by atoms with van der Waals surface area (Å²) in [7, 11) is -4.44. The Morgan fingerprint density at radius 1 is 1.02 bits per heavy atom. The molecule has 1 fully saturated rings. The van der Waals surface area contributed by atoms with Gasteiger partial charge in [0, 0.05) is 11.8 Å². The Hall–Kier alpha value is -2.58. The molecule has 1 aliphatic rings. The van der Waals surface area contributed by atoms with Crippen LogP contribution < -0.4 is 11.0 Å². The summed E-state index contributed by atoms with van der Waals surface area (Å²) < 4.78 is 27.4. The van der Waals surface area contributed by atoms with Gasteiger partial charge >= 0.3 is 5.69 Å². The van der Waals surface area contributed by atoms with Crippen molar-refractivity contribution < 1.29 is 23.1 Å². The minimum Gasteiger partial charge on any atom is -0.493 e. The lowest BCUT2D eigenvalue weighted by molar-refractivity contribution is -0.0518. The van der Waals surface area contributed by atoms with Gasteiger partial charge in [-0.1, -0.05) is 66.3 Å². The second kappa shape index (κ2) is 12.3. The smallest absolute Gasteiger partial charge is 0.351 e. The highest BCUT2D eigenvalue weighted by Gasteiger charge is 2.53. The van der Waals surface area contributed by atoms with Crippen LogP contribution in [0.15, 0.2) is 60.2 Å². The summed E-state index contributed by atoms with van der Waals surface area (Å²) in [5, 5.41) is 2.61. The van der Waals surface area contributed by atoms with Gasteiger partial charge in [0.25, 0.3) is 5.91 Å². The number of ether oxygens (including phenoxy) is 2. The first-order valence-corrected chi connectivity index (χ1v) is 19.9. The Kier molecular flexibility index (Phi) is 9.91. The van der Waals surface area contributed by atoms with Gasteiger partial charge in [-0.15, -0.1) is 0 Å². The fourth-order valence-corrected chi connectivity index (χ4v) is 6.24. The van der Waals surface area contributed by atoms with Crippen molar-refractivity contribution >= 4 is 28.4 Å². The number of carbonyl (C=O) groups is 1. The molecule has 3 rings (SSSR count). The molecule has 1 aliphatic heterocycles. The molecule has 0 saturated carbocycles. The second-order valence-corrected chi connectivity index (χ2v) is 23.1. The highest BCUT2D eigenvalue weighted by atomic mass is 28.4. The van der Waals surface area contributed by atoms with Crippen LogP contribution >= 0.6 is 0 Å². The summed E-state index contributed by atoms with van der Waals surface area (Å²) in [6.07, 6.45) is 0.463. The van der Waals surface area contributed by atoms with Crippen LogP contribution in [0.25, 0.3) is 0 Å². The van der Waals surface area contributed by atoms with E-state index in [0.29, 0.717) is 5.56 Å². The van der Waals surface area contributed by atoms with Crippen molar-refractivity contribution in [3.8, 4) is 0 Å². The molecule has 11 heteroatoms. The Balaban J connectivity index is 1.96. The summed E-state index contributed by atoms with van der Waals surface area (Å²) in [4.78, 5) is 30.1. The maximum absolute atomic E-state index is 13.4. The maximum atomic E-state index is 13.4. The average molecular weight is 602 g/mol. The van der Waals surface area contributed by atoms with Gasteiger partial charge in [0.15, 0.2) is 29.0 Å². The highest BCUT2D eigenvalue weighted by molar-refractivity contribution is 6.74. The molecule has 0 bridgehead atoms. The molecule has 1 amide bonds. The SMILES string of the molecule is C=CO[C@H]1[C@@H](O[Si](C)(C)C(C)(C)C)[C@H](n2ccc(NC(=O)c3ccccc3)nc2=O)O[C@@H]1CO[Si](C)(C)C(C)(C)C. The van der Waals surface area contributed by atoms with Crippen LogP contribution in [0.5, 0.6) is 0 Å². The number of nitrogens with one attached hydrogen (secondary N) is 1. The zero-order valence-electron chi connectivity index (χ0n) is 26.2. The van der Waals surface area contributed by atoms with Crippen LogP contribution in [0.1, 0.15) is 58.1 Å². The van der Waals surface area contributed by atoms with Gasteiger partial charge < -0.3 is 23.6 Å². The molecule has 1 saturated heterocycles. The number of aromatic nitrogens is 2. The van der Waals surface area contributed by atoms with Crippen LogP contribution in [0.2, 0.25) is 36.3 Å². The van der Waals surface area contributed by atoms with Gasteiger partial charge in [-0.3, -0.25) is 9.36 Å². The molecule has 226 valence electrons. The molecule has 0 aliphatic carbocycles. The third kappa shape index (κ3) is 7.64. The van der Waals surface area contributed by atoms with Gasteiger partial charge in [0.05, 0.1) is 12.9 Å². The van der Waals surface area contributed by atoms with Crippen LogP contribution in [-0.2, 0) is 18.3 Å². The molecule has 1 N–H and O–H groups in total. The largest absolute Gasteiger partial charge is 0.493 e. The molecule has 1 aromatic carbocycles. The molecule has 1 aromatic heterocycles. The fourth-order valence-electron chi connectivity index (χ4n) is 3.95. The maximum Gasteiger partial charge on any atom is 0.351 e. The van der Waals surface area contributed by atoms with E-state index in [-0.39, 0.29) is 28.4 Å². The van der Waals surface area contributed by atoms with Crippen molar-refractivity contribution in [2.24, 2.45) is 0 Å². The molecule has 4 atom stereocenters. The van der Waals surface area contributed by atoms with E-state index in [1.807, 2.05) is 6.07 Å². The fraction of sp³-hybridized carbons (Fsp3) is 0.567. The van der Waals surface area contributed by atoms with E-state index < -0.39 is 46.9 Å². The quantitative estimate of drug-likeness (QED) is 0.251. The Labute approximate surface area is 246 Å². The number of hydrogen-bond donors (Lipinski definition) is 1. The Bertz CT molecular complexity index is 1270. The highest BCUT2D eigenvalue weighted by Crippen LogP contribution is 2.43. The van der Waals surface area contributed by atoms with E-state index in [0.717, 1.165) is 0 Å². The third-order valence-corrected chi connectivity index (χ3v) is 17.5. The van der Waals surface area contributed by atoms with Crippen LogP contribution in [-0.4, -0.2) is 57.0 Å². The first-order valence-electron chi connectivity index (χ1n) is 14.1. The molecule has 0 spiro atoms. The first-order chi connectivity index (χ1) is 18.9.